The van der Waals surface area contributed by atoms with Crippen molar-refractivity contribution in [1.82, 2.24) is 0 Å². The van der Waals surface area contributed by atoms with E-state index < -0.39 is 11.8 Å². The van der Waals surface area contributed by atoms with Crippen molar-refractivity contribution in [3.63, 3.8) is 0 Å². The second-order valence-electron chi connectivity index (χ2n) is 4.02. The van der Waals surface area contributed by atoms with E-state index in [0.29, 0.717) is 5.56 Å². The number of ether oxygens (including phenoxy) is 1. The second-order valence-corrected chi connectivity index (χ2v) is 4.02. The molecular weight excluding hydrogens is 223 g/mol. The zero-order valence-corrected chi connectivity index (χ0v) is 10.1. The van der Waals surface area contributed by atoms with E-state index in [0.717, 1.165) is 18.9 Å². The maximum Gasteiger partial charge on any atom is 0.336 e. The van der Waals surface area contributed by atoms with Crippen LogP contribution in [0.25, 0.3) is 0 Å². The number of hydrogen-bond donors (Lipinski definition) is 1. The lowest BCUT2D eigenvalue weighted by atomic mass is 10.1. The van der Waals surface area contributed by atoms with Crippen molar-refractivity contribution >= 4 is 5.97 Å². The first-order chi connectivity index (χ1) is 8.04. The van der Waals surface area contributed by atoms with E-state index in [2.05, 4.69) is 6.92 Å². The fourth-order valence-corrected chi connectivity index (χ4v) is 1.60. The molecule has 3 nitrogen and oxygen atoms in total. The standard InChI is InChI=1S/C13H17FO3/c1-3-4-9(2)17-8-10-5-6-11(14)7-12(10)13(15)16/h5-7,9H,3-4,8H2,1-2H3,(H,15,16). The molecule has 0 aromatic heterocycles. The van der Waals surface area contributed by atoms with Gasteiger partial charge in [0.2, 0.25) is 0 Å². The Morgan fingerprint density at radius 3 is 2.82 bits per heavy atom. The van der Waals surface area contributed by atoms with Gasteiger partial charge in [-0.3, -0.25) is 0 Å². The Balaban J connectivity index is 2.73. The van der Waals surface area contributed by atoms with Crippen molar-refractivity contribution in [2.45, 2.75) is 39.4 Å². The number of carboxylic acid groups (broad SMARTS) is 1. The maximum absolute atomic E-state index is 12.9. The van der Waals surface area contributed by atoms with Crippen molar-refractivity contribution in [2.24, 2.45) is 0 Å². The maximum atomic E-state index is 12.9. The third-order valence-electron chi connectivity index (χ3n) is 2.52. The minimum atomic E-state index is -1.13. The van der Waals surface area contributed by atoms with Gasteiger partial charge in [0.15, 0.2) is 0 Å². The highest BCUT2D eigenvalue weighted by Crippen LogP contribution is 2.14. The summed E-state index contributed by atoms with van der Waals surface area (Å²) in [5, 5.41) is 8.94. The van der Waals surface area contributed by atoms with Crippen molar-refractivity contribution in [3.05, 3.63) is 35.1 Å². The predicted molar refractivity (Wildman–Crippen MR) is 62.5 cm³/mol. The number of benzene rings is 1. The Morgan fingerprint density at radius 1 is 1.53 bits per heavy atom. The molecule has 0 radical (unpaired) electrons. The van der Waals surface area contributed by atoms with Crippen LogP contribution >= 0.6 is 0 Å². The average molecular weight is 240 g/mol. The highest BCUT2D eigenvalue weighted by molar-refractivity contribution is 5.89. The smallest absolute Gasteiger partial charge is 0.336 e. The summed E-state index contributed by atoms with van der Waals surface area (Å²) in [5.41, 5.74) is 0.468. The van der Waals surface area contributed by atoms with Crippen molar-refractivity contribution in [2.75, 3.05) is 0 Å². The average Bonchev–Trinajstić information content (AvgIpc) is 2.27. The fraction of sp³-hybridized carbons (Fsp3) is 0.462. The normalized spacial score (nSPS) is 12.4. The third-order valence-corrected chi connectivity index (χ3v) is 2.52. The second kappa shape index (κ2) is 6.35. The first-order valence-corrected chi connectivity index (χ1v) is 5.68. The van der Waals surface area contributed by atoms with Gasteiger partial charge in [0.05, 0.1) is 18.3 Å². The topological polar surface area (TPSA) is 46.5 Å². The summed E-state index contributed by atoms with van der Waals surface area (Å²) in [6, 6.07) is 3.72. The van der Waals surface area contributed by atoms with Gasteiger partial charge in [-0.25, -0.2) is 9.18 Å². The summed E-state index contributed by atoms with van der Waals surface area (Å²) >= 11 is 0. The zero-order valence-electron chi connectivity index (χ0n) is 10.1. The molecule has 1 rings (SSSR count). The summed E-state index contributed by atoms with van der Waals surface area (Å²) in [6.07, 6.45) is 2.01. The van der Waals surface area contributed by atoms with Gasteiger partial charge >= 0.3 is 5.97 Å². The zero-order chi connectivity index (χ0) is 12.8. The molecule has 0 fully saturated rings. The van der Waals surface area contributed by atoms with E-state index in [1.807, 2.05) is 6.92 Å². The van der Waals surface area contributed by atoms with Crippen LogP contribution in [0.15, 0.2) is 18.2 Å². The lowest BCUT2D eigenvalue weighted by Crippen LogP contribution is -2.10. The summed E-state index contributed by atoms with van der Waals surface area (Å²) < 4.78 is 18.4. The molecule has 17 heavy (non-hydrogen) atoms. The first kappa shape index (κ1) is 13.6. The number of rotatable bonds is 6. The van der Waals surface area contributed by atoms with E-state index in [1.54, 1.807) is 0 Å². The molecule has 1 aromatic rings. The molecule has 1 aromatic carbocycles. The molecule has 0 spiro atoms. The highest BCUT2D eigenvalue weighted by Gasteiger charge is 2.12. The monoisotopic (exact) mass is 240 g/mol. The molecule has 94 valence electrons. The van der Waals surface area contributed by atoms with E-state index in [1.165, 1.54) is 12.1 Å². The molecule has 0 amide bonds. The Labute approximate surface area is 100 Å². The molecule has 1 N–H and O–H groups in total. The van der Waals surface area contributed by atoms with Crippen LogP contribution in [-0.4, -0.2) is 17.2 Å². The molecule has 0 bridgehead atoms. The molecule has 1 unspecified atom stereocenters. The van der Waals surface area contributed by atoms with Crippen LogP contribution < -0.4 is 0 Å². The third kappa shape index (κ3) is 4.15. The predicted octanol–water partition coefficient (Wildman–Crippen LogP) is 3.23. The van der Waals surface area contributed by atoms with Gasteiger partial charge in [-0.1, -0.05) is 19.4 Å². The Kier molecular flexibility index (Phi) is 5.10. The molecule has 0 aliphatic carbocycles. The van der Waals surface area contributed by atoms with Gasteiger partial charge in [-0.15, -0.1) is 0 Å². The number of carbonyl (C=O) groups is 1. The van der Waals surface area contributed by atoms with Crippen molar-refractivity contribution in [1.29, 1.82) is 0 Å². The molecule has 0 saturated carbocycles. The number of halogens is 1. The van der Waals surface area contributed by atoms with Gasteiger partial charge in [-0.05, 0) is 31.0 Å². The Bertz CT molecular complexity index is 390. The van der Waals surface area contributed by atoms with Crippen LogP contribution in [0.3, 0.4) is 0 Å². The van der Waals surface area contributed by atoms with Gasteiger partial charge in [0, 0.05) is 0 Å². The highest BCUT2D eigenvalue weighted by atomic mass is 19.1. The van der Waals surface area contributed by atoms with E-state index in [4.69, 9.17) is 9.84 Å². The van der Waals surface area contributed by atoms with Gasteiger partial charge in [-0.2, -0.15) is 0 Å². The molecule has 0 aliphatic rings. The van der Waals surface area contributed by atoms with Crippen LogP contribution in [0.4, 0.5) is 4.39 Å². The largest absolute Gasteiger partial charge is 0.478 e. The van der Waals surface area contributed by atoms with Gasteiger partial charge in [0.1, 0.15) is 5.82 Å². The van der Waals surface area contributed by atoms with E-state index >= 15 is 0 Å². The van der Waals surface area contributed by atoms with Crippen molar-refractivity contribution < 1.29 is 19.0 Å². The quantitative estimate of drug-likeness (QED) is 0.830. The van der Waals surface area contributed by atoms with E-state index in [-0.39, 0.29) is 18.3 Å². The fourth-order valence-electron chi connectivity index (χ4n) is 1.60. The molecule has 4 heteroatoms. The first-order valence-electron chi connectivity index (χ1n) is 5.68. The van der Waals surface area contributed by atoms with Crippen LogP contribution in [0.5, 0.6) is 0 Å². The molecular formula is C13H17FO3. The Hall–Kier alpha value is -1.42. The summed E-state index contributed by atoms with van der Waals surface area (Å²) in [6.45, 7) is 4.19. The van der Waals surface area contributed by atoms with Crippen LogP contribution in [-0.2, 0) is 11.3 Å². The minimum absolute atomic E-state index is 0.0336. The SMILES string of the molecule is CCCC(C)OCc1ccc(F)cc1C(=O)O. The lowest BCUT2D eigenvalue weighted by Gasteiger charge is -2.13. The van der Waals surface area contributed by atoms with Crippen LogP contribution in [0.1, 0.15) is 42.6 Å². The number of hydrogen-bond acceptors (Lipinski definition) is 2. The van der Waals surface area contributed by atoms with Crippen molar-refractivity contribution in [3.8, 4) is 0 Å². The summed E-state index contributed by atoms with van der Waals surface area (Å²) in [5.74, 6) is -1.68. The Morgan fingerprint density at radius 2 is 2.24 bits per heavy atom. The molecule has 0 aliphatic heterocycles. The molecule has 1 atom stereocenters. The number of carboxylic acids is 1. The summed E-state index contributed by atoms with van der Waals surface area (Å²) in [7, 11) is 0. The summed E-state index contributed by atoms with van der Waals surface area (Å²) in [4.78, 5) is 10.9. The van der Waals surface area contributed by atoms with Gasteiger partial charge in [0.25, 0.3) is 0 Å². The lowest BCUT2D eigenvalue weighted by molar-refractivity contribution is 0.0454. The van der Waals surface area contributed by atoms with Gasteiger partial charge < -0.3 is 9.84 Å². The molecule has 0 saturated heterocycles. The number of aromatic carboxylic acids is 1. The minimum Gasteiger partial charge on any atom is -0.478 e. The van der Waals surface area contributed by atoms with E-state index in [9.17, 15) is 9.18 Å². The van der Waals surface area contributed by atoms with Crippen LogP contribution in [0.2, 0.25) is 0 Å². The molecule has 0 heterocycles. The van der Waals surface area contributed by atoms with Crippen LogP contribution in [0, 0.1) is 5.82 Å².